The quantitative estimate of drug-likeness (QED) is 0.395. The van der Waals surface area contributed by atoms with Gasteiger partial charge in [0, 0.05) is 16.9 Å². The Kier molecular flexibility index (Phi) is 4.55. The molecule has 1 heterocycles. The van der Waals surface area contributed by atoms with E-state index >= 15 is 0 Å². The van der Waals surface area contributed by atoms with E-state index < -0.39 is 10.9 Å². The number of hydrogen-bond donors (Lipinski definition) is 0. The summed E-state index contributed by atoms with van der Waals surface area (Å²) in [5.41, 5.74) is 0.559. The molecular weight excluding hydrogens is 306 g/mol. The van der Waals surface area contributed by atoms with E-state index in [9.17, 15) is 24.8 Å². The molecule has 120 valence electrons. The van der Waals surface area contributed by atoms with E-state index in [0.29, 0.717) is 12.1 Å². The summed E-state index contributed by atoms with van der Waals surface area (Å²) in [5.74, 6) is -1.37. The molecule has 1 unspecified atom stereocenters. The van der Waals surface area contributed by atoms with Gasteiger partial charge in [-0.05, 0) is 18.6 Å². The number of nitrogens with zero attached hydrogens (tertiary/aromatic N) is 5. The van der Waals surface area contributed by atoms with E-state index in [4.69, 9.17) is 0 Å². The molecule has 2 bridgehead atoms. The van der Waals surface area contributed by atoms with Crippen molar-refractivity contribution < 1.29 is 24.2 Å². The Labute approximate surface area is 130 Å². The lowest BCUT2D eigenvalue weighted by atomic mass is 10.2. The topological polar surface area (TPSA) is 137 Å². The Balaban J connectivity index is 0.000000167. The highest BCUT2D eigenvalue weighted by atomic mass is 16.6. The number of carboxylic acids is 1. The number of nitro groups is 1. The largest absolute Gasteiger partial charge is 0.544 e. The maximum absolute atomic E-state index is 11.0. The lowest BCUT2D eigenvalue weighted by molar-refractivity contribution is -0.838. The Bertz CT molecular complexity index is 704. The fourth-order valence-electron chi connectivity index (χ4n) is 2.28. The van der Waals surface area contributed by atoms with Crippen LogP contribution in [0.25, 0.3) is 0 Å². The molecule has 0 saturated carbocycles. The zero-order chi connectivity index (χ0) is 17.0. The summed E-state index contributed by atoms with van der Waals surface area (Å²) in [7, 11) is 0. The summed E-state index contributed by atoms with van der Waals surface area (Å²) in [6.07, 6.45) is 6.61. The first kappa shape index (κ1) is 16.4. The highest BCUT2D eigenvalue weighted by Crippen LogP contribution is 2.29. The van der Waals surface area contributed by atoms with Crippen molar-refractivity contribution in [1.29, 1.82) is 0 Å². The van der Waals surface area contributed by atoms with Gasteiger partial charge in [0.2, 0.25) is 6.34 Å². The van der Waals surface area contributed by atoms with Crippen LogP contribution in [0.1, 0.15) is 13.3 Å². The van der Waals surface area contributed by atoms with Gasteiger partial charge in [0.1, 0.15) is 12.1 Å². The zero-order valence-corrected chi connectivity index (χ0v) is 12.2. The number of carboxylic acid groups (broad SMARTS) is 1. The van der Waals surface area contributed by atoms with Crippen LogP contribution >= 0.6 is 0 Å². The Morgan fingerprint density at radius 3 is 2.48 bits per heavy atom. The number of rotatable bonds is 5. The molecule has 0 aromatic rings. The third-order valence-electron chi connectivity index (χ3n) is 3.25. The molecule has 0 fully saturated rings. The molecule has 3 rings (SSSR count). The van der Waals surface area contributed by atoms with Gasteiger partial charge in [0.15, 0.2) is 12.3 Å². The number of hydrogen-bond acceptors (Lipinski definition) is 8. The third-order valence-corrected chi connectivity index (χ3v) is 3.25. The second-order valence-electron chi connectivity index (χ2n) is 4.97. The first-order valence-electron chi connectivity index (χ1n) is 6.75. The van der Waals surface area contributed by atoms with Gasteiger partial charge in [-0.2, -0.15) is 0 Å². The van der Waals surface area contributed by atoms with Crippen molar-refractivity contribution >= 4 is 18.1 Å². The number of ketones is 1. The molecule has 0 amide bonds. The van der Waals surface area contributed by atoms with Crippen molar-refractivity contribution in [2.24, 2.45) is 15.5 Å². The standard InChI is InChI=1S/C7H3NO3.C6H10N4O2/c9-7-4-1-2-5(7)6(3-4)8(10)11;1-2-3-10(4-6(11)12)5-7-8-9-10/h1-3H;5H,2-4H2,1H3. The second kappa shape index (κ2) is 6.40. The summed E-state index contributed by atoms with van der Waals surface area (Å²) in [6.45, 7) is 2.33. The van der Waals surface area contributed by atoms with E-state index in [0.717, 1.165) is 6.42 Å². The van der Waals surface area contributed by atoms with E-state index in [-0.39, 0.29) is 28.2 Å². The molecule has 0 N–H and O–H groups in total. The number of quaternary nitrogens is 1. The fraction of sp³-hybridized carbons (Fsp3) is 0.308. The molecule has 2 aliphatic carbocycles. The highest BCUT2D eigenvalue weighted by Gasteiger charge is 2.33. The van der Waals surface area contributed by atoms with Gasteiger partial charge in [-0.1, -0.05) is 12.0 Å². The minimum absolute atomic E-state index is 0.0706. The molecule has 0 saturated heterocycles. The molecule has 0 radical (unpaired) electrons. The number of Topliss-reactive ketones (excluding diaryl/α,β-unsaturated/α-hetero) is 1. The molecule has 10 nitrogen and oxygen atoms in total. The number of carbonyl (C=O) groups excluding carboxylic acids is 2. The van der Waals surface area contributed by atoms with Gasteiger partial charge in [-0.3, -0.25) is 14.9 Å². The predicted octanol–water partition coefficient (Wildman–Crippen LogP) is -0.117. The van der Waals surface area contributed by atoms with Crippen molar-refractivity contribution in [3.63, 3.8) is 0 Å². The average Bonchev–Trinajstić information content (AvgIpc) is 3.15. The van der Waals surface area contributed by atoms with Crippen LogP contribution in [-0.2, 0) is 9.59 Å². The van der Waals surface area contributed by atoms with Crippen LogP contribution in [0.15, 0.2) is 50.6 Å². The normalized spacial score (nSPS) is 23.2. The van der Waals surface area contributed by atoms with E-state index in [1.165, 1.54) is 18.5 Å². The van der Waals surface area contributed by atoms with Gasteiger partial charge < -0.3 is 9.90 Å². The van der Waals surface area contributed by atoms with Crippen molar-refractivity contribution in [2.75, 3.05) is 13.1 Å². The van der Waals surface area contributed by atoms with Gasteiger partial charge >= 0.3 is 0 Å². The molecule has 0 aromatic heterocycles. The lowest BCUT2D eigenvalue weighted by Crippen LogP contribution is -2.48. The van der Waals surface area contributed by atoms with Gasteiger partial charge in [-0.15, -0.1) is 4.59 Å². The smallest absolute Gasteiger partial charge is 0.281 e. The summed E-state index contributed by atoms with van der Waals surface area (Å²) in [5, 5.41) is 31.2. The predicted molar refractivity (Wildman–Crippen MR) is 74.9 cm³/mol. The SMILES string of the molecule is CCC[N+]1(CC(=O)[O-])C=NN=N1.O=C1C2=CC([N+](=O)[O-])=C1C=C2. The monoisotopic (exact) mass is 319 g/mol. The molecule has 1 atom stereocenters. The number of allylic oxidation sites excluding steroid dienone is 5. The highest BCUT2D eigenvalue weighted by molar-refractivity contribution is 6.18. The summed E-state index contributed by atoms with van der Waals surface area (Å²) < 4.78 is -0.0706. The molecule has 1 aliphatic heterocycles. The third kappa shape index (κ3) is 3.43. The van der Waals surface area contributed by atoms with Gasteiger partial charge in [0.05, 0.1) is 16.1 Å². The first-order valence-corrected chi connectivity index (χ1v) is 6.75. The zero-order valence-electron chi connectivity index (χ0n) is 12.2. The maximum Gasteiger partial charge on any atom is 0.281 e. The van der Waals surface area contributed by atoms with Gasteiger partial charge in [0.25, 0.3) is 5.70 Å². The van der Waals surface area contributed by atoms with E-state index in [1.807, 2.05) is 6.92 Å². The minimum atomic E-state index is -1.14. The number of fused-ring (bicyclic) bond motifs is 2. The minimum Gasteiger partial charge on any atom is -0.544 e. The van der Waals surface area contributed by atoms with E-state index in [2.05, 4.69) is 15.5 Å². The fourth-order valence-corrected chi connectivity index (χ4v) is 2.28. The molecule has 23 heavy (non-hydrogen) atoms. The van der Waals surface area contributed by atoms with Crippen molar-refractivity contribution in [1.82, 2.24) is 0 Å². The number of aliphatic carboxylic acids is 1. The Morgan fingerprint density at radius 2 is 2.13 bits per heavy atom. The van der Waals surface area contributed by atoms with Crippen LogP contribution in [0.4, 0.5) is 0 Å². The maximum atomic E-state index is 11.0. The number of carbonyl (C=O) groups is 2. The van der Waals surface area contributed by atoms with Crippen LogP contribution in [-0.4, -0.2) is 40.7 Å². The Morgan fingerprint density at radius 1 is 1.39 bits per heavy atom. The van der Waals surface area contributed by atoms with E-state index in [1.54, 1.807) is 6.08 Å². The average molecular weight is 319 g/mol. The lowest BCUT2D eigenvalue weighted by Gasteiger charge is -2.21. The van der Waals surface area contributed by atoms with Gasteiger partial charge in [-0.25, -0.2) is 0 Å². The van der Waals surface area contributed by atoms with Crippen LogP contribution < -0.4 is 5.11 Å². The summed E-state index contributed by atoms with van der Waals surface area (Å²) in [4.78, 5) is 31.1. The van der Waals surface area contributed by atoms with Crippen LogP contribution in [0.3, 0.4) is 0 Å². The molecule has 10 heteroatoms. The molecule has 0 spiro atoms. The Hall–Kier alpha value is -3.01. The van der Waals surface area contributed by atoms with Crippen LogP contribution in [0.2, 0.25) is 0 Å². The van der Waals surface area contributed by atoms with Crippen LogP contribution in [0.5, 0.6) is 0 Å². The van der Waals surface area contributed by atoms with Crippen molar-refractivity contribution in [2.45, 2.75) is 13.3 Å². The summed E-state index contributed by atoms with van der Waals surface area (Å²) in [6, 6.07) is 0. The summed E-state index contributed by atoms with van der Waals surface area (Å²) >= 11 is 0. The molecule has 0 aromatic carbocycles. The molecular formula is C13H13N5O5. The molecule has 3 aliphatic rings. The van der Waals surface area contributed by atoms with Crippen molar-refractivity contribution in [3.05, 3.63) is 45.2 Å². The van der Waals surface area contributed by atoms with Crippen LogP contribution in [0, 0.1) is 10.1 Å². The second-order valence-corrected chi connectivity index (χ2v) is 4.97. The van der Waals surface area contributed by atoms with Crippen molar-refractivity contribution in [3.8, 4) is 0 Å². The first-order chi connectivity index (χ1) is 10.9.